The highest BCUT2D eigenvalue weighted by Crippen LogP contribution is 2.31. The van der Waals surface area contributed by atoms with Gasteiger partial charge in [-0.3, -0.25) is 4.90 Å². The zero-order chi connectivity index (χ0) is 16.8. The van der Waals surface area contributed by atoms with Crippen LogP contribution in [0.3, 0.4) is 0 Å². The molecule has 23 heavy (non-hydrogen) atoms. The number of carbonyl (C=O) groups is 1. The highest BCUT2D eigenvalue weighted by Gasteiger charge is 2.32. The van der Waals surface area contributed by atoms with Crippen molar-refractivity contribution in [2.24, 2.45) is 0 Å². The number of ether oxygens (including phenoxy) is 1. The monoisotopic (exact) mass is 337 g/mol. The molecule has 1 amide bonds. The molecular formula is C16H17ClFN3O2. The molecule has 0 saturated heterocycles. The van der Waals surface area contributed by atoms with Crippen LogP contribution >= 0.6 is 11.6 Å². The molecule has 0 atom stereocenters. The molecule has 1 aromatic heterocycles. The molecule has 0 radical (unpaired) electrons. The molecule has 0 saturated carbocycles. The maximum Gasteiger partial charge on any atom is 0.410 e. The van der Waals surface area contributed by atoms with Crippen molar-refractivity contribution in [3.8, 4) is 5.69 Å². The second-order valence-corrected chi connectivity index (χ2v) is 6.80. The summed E-state index contributed by atoms with van der Waals surface area (Å²) in [6.45, 7) is 6.16. The Hall–Kier alpha value is -2.08. The SMILES string of the molecule is CC(C)(C)OC(=O)N1Cc2nn(-c3ccc(F)cc3)c(Cl)c2C1. The molecule has 2 heterocycles. The highest BCUT2D eigenvalue weighted by molar-refractivity contribution is 6.30. The van der Waals surface area contributed by atoms with Crippen molar-refractivity contribution in [3.63, 3.8) is 0 Å². The minimum absolute atomic E-state index is 0.319. The van der Waals surface area contributed by atoms with Crippen LogP contribution in [0.15, 0.2) is 24.3 Å². The molecule has 122 valence electrons. The second-order valence-electron chi connectivity index (χ2n) is 6.44. The van der Waals surface area contributed by atoms with Gasteiger partial charge in [-0.2, -0.15) is 5.10 Å². The van der Waals surface area contributed by atoms with Crippen molar-refractivity contribution in [1.82, 2.24) is 14.7 Å². The van der Waals surface area contributed by atoms with E-state index in [-0.39, 0.29) is 11.9 Å². The smallest absolute Gasteiger partial charge is 0.410 e. The van der Waals surface area contributed by atoms with Gasteiger partial charge in [-0.05, 0) is 45.0 Å². The van der Waals surface area contributed by atoms with Gasteiger partial charge in [-0.15, -0.1) is 0 Å². The quantitative estimate of drug-likeness (QED) is 0.792. The average molecular weight is 338 g/mol. The van der Waals surface area contributed by atoms with Crippen LogP contribution in [0.25, 0.3) is 5.69 Å². The van der Waals surface area contributed by atoms with Gasteiger partial charge in [0.2, 0.25) is 0 Å². The Balaban J connectivity index is 1.81. The van der Waals surface area contributed by atoms with Crippen LogP contribution < -0.4 is 0 Å². The fourth-order valence-corrected chi connectivity index (χ4v) is 2.70. The summed E-state index contributed by atoms with van der Waals surface area (Å²) in [5, 5.41) is 4.86. The number of rotatable bonds is 1. The third-order valence-corrected chi connectivity index (χ3v) is 3.80. The van der Waals surface area contributed by atoms with E-state index in [9.17, 15) is 9.18 Å². The van der Waals surface area contributed by atoms with Gasteiger partial charge >= 0.3 is 6.09 Å². The predicted octanol–water partition coefficient (Wildman–Crippen LogP) is 3.92. The summed E-state index contributed by atoms with van der Waals surface area (Å²) in [6, 6.07) is 5.92. The van der Waals surface area contributed by atoms with E-state index >= 15 is 0 Å². The van der Waals surface area contributed by atoms with E-state index in [2.05, 4.69) is 5.10 Å². The van der Waals surface area contributed by atoms with E-state index in [0.29, 0.717) is 23.9 Å². The van der Waals surface area contributed by atoms with Crippen molar-refractivity contribution in [3.05, 3.63) is 46.5 Å². The Morgan fingerprint density at radius 1 is 1.26 bits per heavy atom. The number of aromatic nitrogens is 2. The first-order valence-electron chi connectivity index (χ1n) is 7.25. The second kappa shape index (κ2) is 5.53. The minimum atomic E-state index is -0.547. The number of amides is 1. The fourth-order valence-electron chi connectivity index (χ4n) is 2.39. The summed E-state index contributed by atoms with van der Waals surface area (Å²) in [5.74, 6) is -0.319. The molecule has 0 unspecified atom stereocenters. The van der Waals surface area contributed by atoms with Crippen LogP contribution in [0, 0.1) is 5.82 Å². The lowest BCUT2D eigenvalue weighted by atomic mass is 10.2. The van der Waals surface area contributed by atoms with Crippen molar-refractivity contribution in [2.75, 3.05) is 0 Å². The van der Waals surface area contributed by atoms with Gasteiger partial charge in [-0.1, -0.05) is 11.6 Å². The molecule has 2 aromatic rings. The number of benzene rings is 1. The number of halogens is 2. The van der Waals surface area contributed by atoms with E-state index in [4.69, 9.17) is 16.3 Å². The van der Waals surface area contributed by atoms with Crippen LogP contribution in [0.4, 0.5) is 9.18 Å². The number of hydrogen-bond donors (Lipinski definition) is 0. The van der Waals surface area contributed by atoms with E-state index in [0.717, 1.165) is 11.3 Å². The largest absolute Gasteiger partial charge is 0.444 e. The Bertz CT molecular complexity index is 750. The lowest BCUT2D eigenvalue weighted by Gasteiger charge is -2.24. The Morgan fingerprint density at radius 2 is 1.91 bits per heavy atom. The lowest BCUT2D eigenvalue weighted by molar-refractivity contribution is 0.0239. The molecule has 0 bridgehead atoms. The van der Waals surface area contributed by atoms with Gasteiger partial charge in [0.25, 0.3) is 0 Å². The average Bonchev–Trinajstić information content (AvgIpc) is 2.98. The first-order valence-corrected chi connectivity index (χ1v) is 7.62. The first-order chi connectivity index (χ1) is 10.7. The molecule has 0 fully saturated rings. The molecule has 0 N–H and O–H groups in total. The molecule has 1 aliphatic rings. The van der Waals surface area contributed by atoms with Crippen molar-refractivity contribution in [1.29, 1.82) is 0 Å². The third-order valence-electron chi connectivity index (χ3n) is 3.42. The van der Waals surface area contributed by atoms with Gasteiger partial charge in [0.1, 0.15) is 16.6 Å². The van der Waals surface area contributed by atoms with Gasteiger partial charge in [-0.25, -0.2) is 13.9 Å². The maximum atomic E-state index is 13.0. The van der Waals surface area contributed by atoms with E-state index in [1.165, 1.54) is 12.1 Å². The first kappa shape index (κ1) is 15.8. The maximum absolute atomic E-state index is 13.0. The summed E-state index contributed by atoms with van der Waals surface area (Å²) < 4.78 is 19.9. The summed E-state index contributed by atoms with van der Waals surface area (Å²) in [7, 11) is 0. The minimum Gasteiger partial charge on any atom is -0.444 e. The molecule has 5 nitrogen and oxygen atoms in total. The van der Waals surface area contributed by atoms with Gasteiger partial charge < -0.3 is 4.74 Å². The number of fused-ring (bicyclic) bond motifs is 1. The molecule has 0 aliphatic carbocycles. The summed E-state index contributed by atoms with van der Waals surface area (Å²) in [5.41, 5.74) is 1.65. The fraction of sp³-hybridized carbons (Fsp3) is 0.375. The van der Waals surface area contributed by atoms with Crippen molar-refractivity contribution in [2.45, 2.75) is 39.5 Å². The number of hydrogen-bond acceptors (Lipinski definition) is 3. The van der Waals surface area contributed by atoms with Crippen LogP contribution in [0.5, 0.6) is 0 Å². The standard InChI is InChI=1S/C16H17ClFN3O2/c1-16(2,3)23-15(22)20-8-12-13(9-20)19-21(14(12)17)11-6-4-10(18)5-7-11/h4-7H,8-9H2,1-3H3. The third kappa shape index (κ3) is 3.17. The molecule has 1 aliphatic heterocycles. The van der Waals surface area contributed by atoms with E-state index in [1.54, 1.807) is 21.7 Å². The van der Waals surface area contributed by atoms with Crippen LogP contribution in [0.2, 0.25) is 5.15 Å². The van der Waals surface area contributed by atoms with Crippen LogP contribution in [-0.4, -0.2) is 26.4 Å². The van der Waals surface area contributed by atoms with Crippen LogP contribution in [-0.2, 0) is 17.8 Å². The normalized spacial score (nSPS) is 14.0. The Kier molecular flexibility index (Phi) is 3.80. The van der Waals surface area contributed by atoms with E-state index in [1.807, 2.05) is 20.8 Å². The topological polar surface area (TPSA) is 47.4 Å². The van der Waals surface area contributed by atoms with Gasteiger partial charge in [0.05, 0.1) is 24.5 Å². The summed E-state index contributed by atoms with van der Waals surface area (Å²) >= 11 is 6.38. The molecular weight excluding hydrogens is 321 g/mol. The predicted molar refractivity (Wildman–Crippen MR) is 84.0 cm³/mol. The number of carbonyl (C=O) groups excluding carboxylic acids is 1. The van der Waals surface area contributed by atoms with Crippen LogP contribution in [0.1, 0.15) is 32.0 Å². The van der Waals surface area contributed by atoms with Crippen molar-refractivity contribution < 1.29 is 13.9 Å². The highest BCUT2D eigenvalue weighted by atomic mass is 35.5. The van der Waals surface area contributed by atoms with Gasteiger partial charge in [0.15, 0.2) is 0 Å². The van der Waals surface area contributed by atoms with Crippen molar-refractivity contribution >= 4 is 17.7 Å². The zero-order valence-corrected chi connectivity index (χ0v) is 13.9. The van der Waals surface area contributed by atoms with Gasteiger partial charge in [0, 0.05) is 5.56 Å². The number of nitrogens with zero attached hydrogens (tertiary/aromatic N) is 3. The van der Waals surface area contributed by atoms with E-state index < -0.39 is 5.60 Å². The Labute approximate surface area is 138 Å². The molecule has 1 aromatic carbocycles. The lowest BCUT2D eigenvalue weighted by Crippen LogP contribution is -2.33. The molecule has 7 heteroatoms. The summed E-state index contributed by atoms with van der Waals surface area (Å²) in [6.07, 6.45) is -0.389. The molecule has 0 spiro atoms. The Morgan fingerprint density at radius 3 is 2.48 bits per heavy atom. The molecule has 3 rings (SSSR count). The zero-order valence-electron chi connectivity index (χ0n) is 13.1. The summed E-state index contributed by atoms with van der Waals surface area (Å²) in [4.78, 5) is 13.7.